The third kappa shape index (κ3) is 3.07. The largest absolute Gasteiger partial charge is 0.328 e. The molecule has 0 spiro atoms. The number of likely N-dealkylation sites (tertiary alicyclic amines) is 1. The van der Waals surface area contributed by atoms with Crippen molar-refractivity contribution in [2.24, 2.45) is 18.7 Å². The Bertz CT molecular complexity index is 361. The van der Waals surface area contributed by atoms with E-state index in [1.54, 1.807) is 0 Å². The predicted octanol–water partition coefficient (Wildman–Crippen LogP) is 1.29. The van der Waals surface area contributed by atoms with Gasteiger partial charge in [-0.1, -0.05) is 0 Å². The second-order valence-electron chi connectivity index (χ2n) is 5.39. The first-order valence-electron chi connectivity index (χ1n) is 6.53. The van der Waals surface area contributed by atoms with E-state index in [0.29, 0.717) is 12.0 Å². The molecule has 0 radical (unpaired) electrons. The summed E-state index contributed by atoms with van der Waals surface area (Å²) >= 11 is 0. The molecule has 0 saturated carbocycles. The molecule has 1 aromatic rings. The van der Waals surface area contributed by atoms with Crippen molar-refractivity contribution in [1.82, 2.24) is 14.7 Å². The van der Waals surface area contributed by atoms with Crippen LogP contribution in [0.5, 0.6) is 0 Å². The highest BCUT2D eigenvalue weighted by molar-refractivity contribution is 5.15. The lowest BCUT2D eigenvalue weighted by atomic mass is 9.91. The zero-order valence-corrected chi connectivity index (χ0v) is 11.2. The van der Waals surface area contributed by atoms with Crippen molar-refractivity contribution in [3.8, 4) is 0 Å². The first-order chi connectivity index (χ1) is 8.06. The number of nitrogens with zero attached hydrogens (tertiary/aromatic N) is 3. The van der Waals surface area contributed by atoms with Gasteiger partial charge in [-0.3, -0.25) is 9.58 Å². The summed E-state index contributed by atoms with van der Waals surface area (Å²) in [6.45, 7) is 7.59. The number of aryl methyl sites for hydroxylation is 2. The highest BCUT2D eigenvalue weighted by Gasteiger charge is 2.22. The van der Waals surface area contributed by atoms with Gasteiger partial charge in [0.2, 0.25) is 0 Å². The van der Waals surface area contributed by atoms with Crippen molar-refractivity contribution in [2.45, 2.75) is 39.3 Å². The van der Waals surface area contributed by atoms with E-state index in [1.807, 2.05) is 11.7 Å². The van der Waals surface area contributed by atoms with E-state index in [9.17, 15) is 0 Å². The number of aromatic nitrogens is 2. The van der Waals surface area contributed by atoms with Crippen molar-refractivity contribution in [3.05, 3.63) is 17.5 Å². The molecular formula is C13H24N4. The molecule has 0 aliphatic carbocycles. The average molecular weight is 236 g/mol. The summed E-state index contributed by atoms with van der Waals surface area (Å²) in [4.78, 5) is 2.52. The summed E-state index contributed by atoms with van der Waals surface area (Å²) in [6.07, 6.45) is 4.60. The summed E-state index contributed by atoms with van der Waals surface area (Å²) in [7, 11) is 1.98. The molecule has 0 amide bonds. The summed E-state index contributed by atoms with van der Waals surface area (Å²) < 4.78 is 1.90. The molecule has 96 valence electrons. The average Bonchev–Trinajstić information content (AvgIpc) is 2.58. The van der Waals surface area contributed by atoms with E-state index in [-0.39, 0.29) is 0 Å². The van der Waals surface area contributed by atoms with Crippen LogP contribution in [0.25, 0.3) is 0 Å². The van der Waals surface area contributed by atoms with Gasteiger partial charge in [0.25, 0.3) is 0 Å². The number of hydrogen-bond acceptors (Lipinski definition) is 3. The molecule has 1 atom stereocenters. The van der Waals surface area contributed by atoms with Gasteiger partial charge < -0.3 is 5.73 Å². The Morgan fingerprint density at radius 2 is 2.12 bits per heavy atom. The zero-order chi connectivity index (χ0) is 12.4. The first-order valence-corrected chi connectivity index (χ1v) is 6.53. The first kappa shape index (κ1) is 12.6. The van der Waals surface area contributed by atoms with Gasteiger partial charge in [-0.25, -0.2) is 0 Å². The lowest BCUT2D eigenvalue weighted by Crippen LogP contribution is -2.39. The fourth-order valence-electron chi connectivity index (χ4n) is 2.68. The molecule has 4 nitrogen and oxygen atoms in total. The minimum atomic E-state index is 0.345. The van der Waals surface area contributed by atoms with Crippen molar-refractivity contribution in [3.63, 3.8) is 0 Å². The Kier molecular flexibility index (Phi) is 3.84. The van der Waals surface area contributed by atoms with Crippen LogP contribution in [0.15, 0.2) is 6.20 Å². The highest BCUT2D eigenvalue weighted by Crippen LogP contribution is 2.21. The van der Waals surface area contributed by atoms with Gasteiger partial charge in [0.1, 0.15) is 0 Å². The van der Waals surface area contributed by atoms with Crippen LogP contribution in [0.2, 0.25) is 0 Å². The van der Waals surface area contributed by atoms with Gasteiger partial charge in [0.05, 0.1) is 5.69 Å². The Hall–Kier alpha value is -0.870. The number of piperidine rings is 1. The van der Waals surface area contributed by atoms with Crippen LogP contribution in [-0.2, 0) is 13.6 Å². The van der Waals surface area contributed by atoms with Crippen LogP contribution in [0.1, 0.15) is 31.0 Å². The molecule has 0 bridgehead atoms. The molecular weight excluding hydrogens is 212 g/mol. The molecule has 1 saturated heterocycles. The van der Waals surface area contributed by atoms with Crippen LogP contribution in [0.3, 0.4) is 0 Å². The van der Waals surface area contributed by atoms with Crippen molar-refractivity contribution in [2.75, 3.05) is 13.1 Å². The topological polar surface area (TPSA) is 47.1 Å². The van der Waals surface area contributed by atoms with E-state index in [0.717, 1.165) is 12.2 Å². The second kappa shape index (κ2) is 5.19. The molecule has 0 aromatic carbocycles. The molecule has 1 aromatic heterocycles. The Balaban J connectivity index is 1.88. The molecule has 1 aliphatic heterocycles. The van der Waals surface area contributed by atoms with Gasteiger partial charge in [-0.2, -0.15) is 5.10 Å². The van der Waals surface area contributed by atoms with Gasteiger partial charge >= 0.3 is 0 Å². The number of rotatable bonds is 3. The molecule has 1 unspecified atom stereocenters. The normalized spacial score (nSPS) is 20.7. The highest BCUT2D eigenvalue weighted by atomic mass is 15.3. The van der Waals surface area contributed by atoms with Crippen molar-refractivity contribution in [1.29, 1.82) is 0 Å². The maximum atomic E-state index is 5.96. The van der Waals surface area contributed by atoms with Crippen LogP contribution >= 0.6 is 0 Å². The molecule has 4 heteroatoms. The smallest absolute Gasteiger partial charge is 0.0638 e. The summed E-state index contributed by atoms with van der Waals surface area (Å²) in [5, 5.41) is 4.39. The van der Waals surface area contributed by atoms with Gasteiger partial charge in [0, 0.05) is 31.4 Å². The molecule has 17 heavy (non-hydrogen) atoms. The van der Waals surface area contributed by atoms with Gasteiger partial charge in [-0.05, 0) is 45.7 Å². The van der Waals surface area contributed by atoms with E-state index >= 15 is 0 Å². The molecule has 2 rings (SSSR count). The Labute approximate surface area is 104 Å². The maximum Gasteiger partial charge on any atom is 0.0638 e. The Morgan fingerprint density at radius 3 is 2.59 bits per heavy atom. The fourth-order valence-corrected chi connectivity index (χ4v) is 2.68. The van der Waals surface area contributed by atoms with E-state index in [2.05, 4.69) is 30.0 Å². The predicted molar refractivity (Wildman–Crippen MR) is 69.6 cm³/mol. The standard InChI is InChI=1S/C13H24N4/c1-10(14)12-4-6-17(7-5-12)9-13-8-16(3)15-11(13)2/h8,10,12H,4-7,9,14H2,1-3H3. The van der Waals surface area contributed by atoms with E-state index < -0.39 is 0 Å². The second-order valence-corrected chi connectivity index (χ2v) is 5.39. The molecule has 1 fully saturated rings. The SMILES string of the molecule is Cc1nn(C)cc1CN1CCC(C(C)N)CC1. The summed E-state index contributed by atoms with van der Waals surface area (Å²) in [6, 6.07) is 0.345. The van der Waals surface area contributed by atoms with Gasteiger partial charge in [0.15, 0.2) is 0 Å². The van der Waals surface area contributed by atoms with Crippen LogP contribution in [0, 0.1) is 12.8 Å². The van der Waals surface area contributed by atoms with E-state index in [1.165, 1.54) is 31.5 Å². The quantitative estimate of drug-likeness (QED) is 0.860. The minimum absolute atomic E-state index is 0.345. The van der Waals surface area contributed by atoms with Crippen molar-refractivity contribution < 1.29 is 0 Å². The van der Waals surface area contributed by atoms with Crippen LogP contribution in [0.4, 0.5) is 0 Å². The monoisotopic (exact) mass is 236 g/mol. The van der Waals surface area contributed by atoms with Crippen molar-refractivity contribution >= 4 is 0 Å². The third-order valence-electron chi connectivity index (χ3n) is 3.88. The summed E-state index contributed by atoms with van der Waals surface area (Å²) in [5.41, 5.74) is 8.47. The summed E-state index contributed by atoms with van der Waals surface area (Å²) in [5.74, 6) is 0.709. The minimum Gasteiger partial charge on any atom is -0.328 e. The van der Waals surface area contributed by atoms with Gasteiger partial charge in [-0.15, -0.1) is 0 Å². The van der Waals surface area contributed by atoms with Crippen LogP contribution in [-0.4, -0.2) is 33.8 Å². The number of nitrogens with two attached hydrogens (primary N) is 1. The Morgan fingerprint density at radius 1 is 1.47 bits per heavy atom. The lowest BCUT2D eigenvalue weighted by molar-refractivity contribution is 0.165. The zero-order valence-electron chi connectivity index (χ0n) is 11.2. The number of hydrogen-bond donors (Lipinski definition) is 1. The maximum absolute atomic E-state index is 5.96. The fraction of sp³-hybridized carbons (Fsp3) is 0.769. The third-order valence-corrected chi connectivity index (χ3v) is 3.88. The molecule has 1 aliphatic rings. The van der Waals surface area contributed by atoms with Crippen LogP contribution < -0.4 is 5.73 Å². The lowest BCUT2D eigenvalue weighted by Gasteiger charge is -2.33. The van der Waals surface area contributed by atoms with E-state index in [4.69, 9.17) is 5.73 Å². The molecule has 2 N–H and O–H groups in total. The molecule has 2 heterocycles.